The van der Waals surface area contributed by atoms with Crippen molar-refractivity contribution in [3.05, 3.63) is 22.8 Å². The van der Waals surface area contributed by atoms with Crippen LogP contribution in [0.3, 0.4) is 0 Å². The Morgan fingerprint density at radius 3 is 2.40 bits per heavy atom. The molecular formula is C16H27N3O. The van der Waals surface area contributed by atoms with E-state index < -0.39 is 0 Å². The molecule has 0 aliphatic heterocycles. The molecule has 1 aromatic rings. The molecule has 0 saturated heterocycles. The van der Waals surface area contributed by atoms with Gasteiger partial charge in [0.25, 0.3) is 0 Å². The van der Waals surface area contributed by atoms with Crippen LogP contribution in [0.4, 0.5) is 0 Å². The van der Waals surface area contributed by atoms with E-state index in [2.05, 4.69) is 26.1 Å². The van der Waals surface area contributed by atoms with Crippen LogP contribution in [0.2, 0.25) is 0 Å². The van der Waals surface area contributed by atoms with Crippen LogP contribution in [0.5, 0.6) is 0 Å². The standard InChI is InChI=1S/C16H27N3O/c1-11-10-15(11)16-18-12(2)14(13(3)19-16)6-5-7-17-8-9-20-4/h11,15,17H,5-10H2,1-4H3. The van der Waals surface area contributed by atoms with Crippen LogP contribution in [0.1, 0.15) is 48.5 Å². The second-order valence-electron chi connectivity index (χ2n) is 5.90. The van der Waals surface area contributed by atoms with Gasteiger partial charge in [0.15, 0.2) is 0 Å². The van der Waals surface area contributed by atoms with Crippen molar-refractivity contribution < 1.29 is 4.74 Å². The number of rotatable bonds is 8. The number of nitrogens with zero attached hydrogens (tertiary/aromatic N) is 2. The van der Waals surface area contributed by atoms with E-state index in [0.29, 0.717) is 5.92 Å². The average Bonchev–Trinajstić information content (AvgIpc) is 3.13. The van der Waals surface area contributed by atoms with Gasteiger partial charge in [-0.05, 0) is 51.1 Å². The van der Waals surface area contributed by atoms with Crippen LogP contribution in [0.25, 0.3) is 0 Å². The molecule has 1 aliphatic carbocycles. The van der Waals surface area contributed by atoms with Gasteiger partial charge in [-0.3, -0.25) is 0 Å². The number of ether oxygens (including phenoxy) is 1. The molecule has 4 nitrogen and oxygen atoms in total. The van der Waals surface area contributed by atoms with Crippen LogP contribution in [-0.2, 0) is 11.2 Å². The Morgan fingerprint density at radius 1 is 1.20 bits per heavy atom. The highest BCUT2D eigenvalue weighted by Crippen LogP contribution is 2.45. The molecule has 20 heavy (non-hydrogen) atoms. The fraction of sp³-hybridized carbons (Fsp3) is 0.750. The summed E-state index contributed by atoms with van der Waals surface area (Å²) in [6, 6.07) is 0. The lowest BCUT2D eigenvalue weighted by atomic mass is 10.1. The van der Waals surface area contributed by atoms with Gasteiger partial charge in [-0.25, -0.2) is 9.97 Å². The highest BCUT2D eigenvalue weighted by molar-refractivity contribution is 5.26. The normalized spacial score (nSPS) is 21.2. The maximum Gasteiger partial charge on any atom is 0.132 e. The van der Waals surface area contributed by atoms with E-state index in [-0.39, 0.29) is 0 Å². The van der Waals surface area contributed by atoms with Gasteiger partial charge in [-0.15, -0.1) is 0 Å². The highest BCUT2D eigenvalue weighted by Gasteiger charge is 2.36. The molecule has 1 saturated carbocycles. The summed E-state index contributed by atoms with van der Waals surface area (Å²) < 4.78 is 5.01. The molecule has 1 N–H and O–H groups in total. The highest BCUT2D eigenvalue weighted by atomic mass is 16.5. The van der Waals surface area contributed by atoms with Crippen LogP contribution >= 0.6 is 0 Å². The third-order valence-corrected chi connectivity index (χ3v) is 4.14. The number of hydrogen-bond acceptors (Lipinski definition) is 4. The summed E-state index contributed by atoms with van der Waals surface area (Å²) >= 11 is 0. The molecule has 0 spiro atoms. The maximum absolute atomic E-state index is 5.01. The van der Waals surface area contributed by atoms with E-state index in [0.717, 1.165) is 44.3 Å². The third kappa shape index (κ3) is 4.00. The molecule has 1 fully saturated rings. The van der Waals surface area contributed by atoms with Gasteiger partial charge in [0.05, 0.1) is 6.61 Å². The van der Waals surface area contributed by atoms with E-state index in [4.69, 9.17) is 14.7 Å². The van der Waals surface area contributed by atoms with Gasteiger partial charge in [0.1, 0.15) is 5.82 Å². The van der Waals surface area contributed by atoms with Crippen molar-refractivity contribution >= 4 is 0 Å². The van der Waals surface area contributed by atoms with Gasteiger partial charge < -0.3 is 10.1 Å². The van der Waals surface area contributed by atoms with Crippen molar-refractivity contribution in [2.24, 2.45) is 5.92 Å². The molecule has 2 unspecified atom stereocenters. The van der Waals surface area contributed by atoms with Crippen LogP contribution in [0, 0.1) is 19.8 Å². The smallest absolute Gasteiger partial charge is 0.132 e. The molecule has 0 radical (unpaired) electrons. The predicted octanol–water partition coefficient (Wildman–Crippen LogP) is 2.39. The van der Waals surface area contributed by atoms with Crippen molar-refractivity contribution in [3.63, 3.8) is 0 Å². The largest absolute Gasteiger partial charge is 0.383 e. The third-order valence-electron chi connectivity index (χ3n) is 4.14. The van der Waals surface area contributed by atoms with E-state index in [1.54, 1.807) is 7.11 Å². The molecule has 1 heterocycles. The minimum atomic E-state index is 0.608. The Balaban J connectivity index is 1.85. The summed E-state index contributed by atoms with van der Waals surface area (Å²) in [7, 11) is 1.73. The van der Waals surface area contributed by atoms with Gasteiger partial charge in [0.2, 0.25) is 0 Å². The van der Waals surface area contributed by atoms with E-state index in [1.807, 2.05) is 0 Å². The quantitative estimate of drug-likeness (QED) is 0.741. The first kappa shape index (κ1) is 15.4. The molecular weight excluding hydrogens is 250 g/mol. The first-order chi connectivity index (χ1) is 9.63. The Labute approximate surface area is 122 Å². The van der Waals surface area contributed by atoms with Crippen LogP contribution < -0.4 is 5.32 Å². The molecule has 112 valence electrons. The molecule has 0 aromatic carbocycles. The number of hydrogen-bond donors (Lipinski definition) is 1. The fourth-order valence-corrected chi connectivity index (χ4v) is 2.66. The zero-order valence-corrected chi connectivity index (χ0v) is 13.2. The maximum atomic E-state index is 5.01. The van der Waals surface area contributed by atoms with E-state index in [9.17, 15) is 0 Å². The fourth-order valence-electron chi connectivity index (χ4n) is 2.66. The summed E-state index contributed by atoms with van der Waals surface area (Å²) in [6.07, 6.45) is 3.42. The molecule has 2 atom stereocenters. The number of methoxy groups -OCH3 is 1. The van der Waals surface area contributed by atoms with E-state index >= 15 is 0 Å². The van der Waals surface area contributed by atoms with Gasteiger partial charge >= 0.3 is 0 Å². The Hall–Kier alpha value is -1.00. The monoisotopic (exact) mass is 277 g/mol. The van der Waals surface area contributed by atoms with Crippen molar-refractivity contribution in [2.45, 2.75) is 46.0 Å². The van der Waals surface area contributed by atoms with Crippen molar-refractivity contribution in [1.82, 2.24) is 15.3 Å². The second-order valence-corrected chi connectivity index (χ2v) is 5.90. The summed E-state index contributed by atoms with van der Waals surface area (Å²) in [5.74, 6) is 2.44. The average molecular weight is 277 g/mol. The number of nitrogens with one attached hydrogen (secondary N) is 1. The predicted molar refractivity (Wildman–Crippen MR) is 81.1 cm³/mol. The molecule has 0 bridgehead atoms. The number of aryl methyl sites for hydroxylation is 2. The summed E-state index contributed by atoms with van der Waals surface area (Å²) in [6.45, 7) is 9.23. The Kier molecular flexibility index (Phi) is 5.49. The molecule has 0 amide bonds. The molecule has 1 aliphatic rings. The van der Waals surface area contributed by atoms with Crippen molar-refractivity contribution in [1.29, 1.82) is 0 Å². The van der Waals surface area contributed by atoms with Gasteiger partial charge in [-0.2, -0.15) is 0 Å². The van der Waals surface area contributed by atoms with Crippen LogP contribution in [-0.4, -0.2) is 36.8 Å². The first-order valence-electron chi connectivity index (χ1n) is 7.67. The van der Waals surface area contributed by atoms with Crippen LogP contribution in [0.15, 0.2) is 0 Å². The first-order valence-corrected chi connectivity index (χ1v) is 7.67. The minimum absolute atomic E-state index is 0.608. The zero-order chi connectivity index (χ0) is 14.5. The SMILES string of the molecule is COCCNCCCc1c(C)nc(C2CC2C)nc1C. The zero-order valence-electron chi connectivity index (χ0n) is 13.2. The molecule has 1 aromatic heterocycles. The van der Waals surface area contributed by atoms with Crippen molar-refractivity contribution in [2.75, 3.05) is 26.8 Å². The Morgan fingerprint density at radius 2 is 1.85 bits per heavy atom. The lowest BCUT2D eigenvalue weighted by Crippen LogP contribution is -2.21. The lowest BCUT2D eigenvalue weighted by molar-refractivity contribution is 0.199. The lowest BCUT2D eigenvalue weighted by Gasteiger charge is -2.11. The summed E-state index contributed by atoms with van der Waals surface area (Å²) in [4.78, 5) is 9.45. The van der Waals surface area contributed by atoms with Gasteiger partial charge in [0, 0.05) is 31.0 Å². The number of aromatic nitrogens is 2. The second kappa shape index (κ2) is 7.14. The summed E-state index contributed by atoms with van der Waals surface area (Å²) in [5.41, 5.74) is 3.67. The minimum Gasteiger partial charge on any atom is -0.383 e. The van der Waals surface area contributed by atoms with E-state index in [1.165, 1.54) is 23.4 Å². The topological polar surface area (TPSA) is 47.0 Å². The van der Waals surface area contributed by atoms with Crippen molar-refractivity contribution in [3.8, 4) is 0 Å². The summed E-state index contributed by atoms with van der Waals surface area (Å²) in [5, 5.41) is 3.38. The van der Waals surface area contributed by atoms with Gasteiger partial charge in [-0.1, -0.05) is 6.92 Å². The molecule has 4 heteroatoms. The molecule has 2 rings (SSSR count). The Bertz CT molecular complexity index is 424.